The zero-order chi connectivity index (χ0) is 12.3. The van der Waals surface area contributed by atoms with Crippen molar-refractivity contribution < 1.29 is 27.8 Å². The molecular weight excluding hydrogens is 325 g/mol. The van der Waals surface area contributed by atoms with E-state index in [1.807, 2.05) is 0 Å². The Labute approximate surface area is 99.4 Å². The molecule has 0 bridgehead atoms. The van der Waals surface area contributed by atoms with Crippen molar-refractivity contribution in [2.45, 2.75) is 22.7 Å². The number of esters is 2. The van der Waals surface area contributed by atoms with Crippen molar-refractivity contribution in [2.75, 3.05) is 14.2 Å². The summed E-state index contributed by atoms with van der Waals surface area (Å²) < 4.78 is 33.0. The maximum atomic E-state index is 13.1. The van der Waals surface area contributed by atoms with Gasteiger partial charge in [0.05, 0.1) is 14.2 Å². The first-order valence-corrected chi connectivity index (χ1v) is 4.99. The Morgan fingerprint density at radius 2 is 1.60 bits per heavy atom. The lowest BCUT2D eigenvalue weighted by Gasteiger charge is -2.23. The zero-order valence-corrected chi connectivity index (χ0v) is 10.6. The number of hydrogen-bond acceptors (Lipinski definition) is 4. The topological polar surface area (TPSA) is 52.6 Å². The fraction of sp³-hybridized carbons (Fsp3) is 0.750. The fourth-order valence-corrected chi connectivity index (χ4v) is 1.62. The molecule has 0 heterocycles. The predicted octanol–water partition coefficient (Wildman–Crippen LogP) is 1.55. The largest absolute Gasteiger partial charge is 0.468 e. The van der Waals surface area contributed by atoms with Crippen molar-refractivity contribution in [2.24, 2.45) is 0 Å². The second-order valence-electron chi connectivity index (χ2n) is 3.06. The third-order valence-corrected chi connectivity index (χ3v) is 2.47. The average Bonchev–Trinajstić information content (AvgIpc) is 2.13. The summed E-state index contributed by atoms with van der Waals surface area (Å²) >= 11 is 1.51. The van der Waals surface area contributed by atoms with Crippen LogP contribution in [0.25, 0.3) is 0 Å². The number of methoxy groups -OCH3 is 2. The van der Waals surface area contributed by atoms with E-state index in [9.17, 15) is 18.4 Å². The van der Waals surface area contributed by atoms with Crippen molar-refractivity contribution in [3.8, 4) is 0 Å². The molecule has 0 aliphatic rings. The Kier molecular flexibility index (Phi) is 4.88. The molecular formula is C8H11F2IO4. The highest BCUT2D eigenvalue weighted by atomic mass is 127. The van der Waals surface area contributed by atoms with Crippen LogP contribution in [0.3, 0.4) is 0 Å². The van der Waals surface area contributed by atoms with Crippen LogP contribution in [0.15, 0.2) is 0 Å². The van der Waals surface area contributed by atoms with E-state index in [0.717, 1.165) is 14.2 Å². The van der Waals surface area contributed by atoms with E-state index in [1.54, 1.807) is 0 Å². The highest BCUT2D eigenvalue weighted by molar-refractivity contribution is 14.1. The summed E-state index contributed by atoms with van der Waals surface area (Å²) in [4.78, 5) is 21.8. The van der Waals surface area contributed by atoms with Crippen LogP contribution in [0.1, 0.15) is 13.3 Å². The van der Waals surface area contributed by atoms with Gasteiger partial charge in [0.15, 0.2) is 0 Å². The van der Waals surface area contributed by atoms with Gasteiger partial charge in [-0.15, -0.1) is 0 Å². The van der Waals surface area contributed by atoms with Gasteiger partial charge in [0, 0.05) is 6.42 Å². The number of carbonyl (C=O) groups is 2. The molecule has 0 aliphatic carbocycles. The van der Waals surface area contributed by atoms with E-state index in [1.165, 1.54) is 29.5 Å². The molecule has 0 spiro atoms. The van der Waals surface area contributed by atoms with Crippen molar-refractivity contribution in [3.05, 3.63) is 0 Å². The Bertz CT molecular complexity index is 239. The molecule has 15 heavy (non-hydrogen) atoms. The van der Waals surface area contributed by atoms with E-state index in [-0.39, 0.29) is 0 Å². The lowest BCUT2D eigenvalue weighted by atomic mass is 10.0. The normalized spacial score (nSPS) is 15.3. The van der Waals surface area contributed by atoms with Crippen LogP contribution in [-0.4, -0.2) is 35.5 Å². The molecule has 0 saturated heterocycles. The number of carbonyl (C=O) groups excluding carboxylic acids is 2. The summed E-state index contributed by atoms with van der Waals surface area (Å²) in [5, 5.41) is 0. The summed E-state index contributed by atoms with van der Waals surface area (Å²) in [6.07, 6.45) is -0.958. The molecule has 0 aliphatic heterocycles. The summed E-state index contributed by atoms with van der Waals surface area (Å²) in [5.74, 6) is -6.17. The van der Waals surface area contributed by atoms with Gasteiger partial charge in [0.1, 0.15) is 3.42 Å². The van der Waals surface area contributed by atoms with Crippen LogP contribution in [-0.2, 0) is 19.1 Å². The Morgan fingerprint density at radius 3 is 1.93 bits per heavy atom. The summed E-state index contributed by atoms with van der Waals surface area (Å²) in [6, 6.07) is 0. The Morgan fingerprint density at radius 1 is 1.20 bits per heavy atom. The maximum Gasteiger partial charge on any atom is 0.376 e. The molecule has 88 valence electrons. The van der Waals surface area contributed by atoms with Crippen molar-refractivity contribution in [1.29, 1.82) is 0 Å². The Balaban J connectivity index is 4.71. The van der Waals surface area contributed by atoms with E-state index in [2.05, 4.69) is 9.47 Å². The van der Waals surface area contributed by atoms with Gasteiger partial charge in [-0.3, -0.25) is 4.79 Å². The fourth-order valence-electron chi connectivity index (χ4n) is 0.923. The first-order chi connectivity index (χ1) is 6.67. The van der Waals surface area contributed by atoms with Crippen LogP contribution in [0, 0.1) is 0 Å². The predicted molar refractivity (Wildman–Crippen MR) is 56.0 cm³/mol. The van der Waals surface area contributed by atoms with Crippen molar-refractivity contribution in [3.63, 3.8) is 0 Å². The number of alkyl halides is 3. The van der Waals surface area contributed by atoms with Crippen molar-refractivity contribution in [1.82, 2.24) is 0 Å². The molecule has 0 aromatic carbocycles. The zero-order valence-electron chi connectivity index (χ0n) is 8.47. The second-order valence-corrected chi connectivity index (χ2v) is 5.44. The van der Waals surface area contributed by atoms with Crippen LogP contribution < -0.4 is 0 Å². The third kappa shape index (κ3) is 3.88. The molecule has 0 aromatic heterocycles. The van der Waals surface area contributed by atoms with Gasteiger partial charge in [-0.25, -0.2) is 4.79 Å². The first kappa shape index (κ1) is 14.5. The quantitative estimate of drug-likeness (QED) is 0.444. The molecule has 1 atom stereocenters. The minimum atomic E-state index is -3.70. The molecule has 0 rings (SSSR count). The number of ether oxygens (including phenoxy) is 2. The van der Waals surface area contributed by atoms with Gasteiger partial charge in [-0.2, -0.15) is 8.78 Å². The van der Waals surface area contributed by atoms with Gasteiger partial charge in [-0.1, -0.05) is 22.6 Å². The molecule has 0 N–H and O–H groups in total. The van der Waals surface area contributed by atoms with E-state index in [4.69, 9.17) is 0 Å². The minimum Gasteiger partial charge on any atom is -0.468 e. The molecule has 4 nitrogen and oxygen atoms in total. The minimum absolute atomic E-state index is 0.813. The first-order valence-electron chi connectivity index (χ1n) is 3.91. The van der Waals surface area contributed by atoms with E-state index >= 15 is 0 Å². The summed E-state index contributed by atoms with van der Waals surface area (Å²) in [6.45, 7) is 1.26. The maximum absolute atomic E-state index is 13.1. The monoisotopic (exact) mass is 336 g/mol. The lowest BCUT2D eigenvalue weighted by molar-refractivity contribution is -0.171. The van der Waals surface area contributed by atoms with Crippen LogP contribution in [0.5, 0.6) is 0 Å². The standard InChI is InChI=1S/C8H11F2IO4/c1-7(11,5(12)14-2)4-8(9,10)6(13)15-3/h4H2,1-3H3. The highest BCUT2D eigenvalue weighted by Crippen LogP contribution is 2.34. The van der Waals surface area contributed by atoms with Crippen molar-refractivity contribution >= 4 is 34.5 Å². The molecule has 1 unspecified atom stereocenters. The van der Waals surface area contributed by atoms with Crippen LogP contribution >= 0.6 is 22.6 Å². The van der Waals surface area contributed by atoms with Gasteiger partial charge >= 0.3 is 17.9 Å². The lowest BCUT2D eigenvalue weighted by Crippen LogP contribution is -2.41. The SMILES string of the molecule is COC(=O)C(F)(F)CC(C)(I)C(=O)OC. The molecule has 0 saturated carbocycles. The van der Waals surface area contributed by atoms with Crippen LogP contribution in [0.2, 0.25) is 0 Å². The molecule has 0 aromatic rings. The Hall–Kier alpha value is -0.470. The third-order valence-electron chi connectivity index (χ3n) is 1.65. The van der Waals surface area contributed by atoms with E-state index < -0.39 is 27.7 Å². The van der Waals surface area contributed by atoms with Crippen LogP contribution in [0.4, 0.5) is 8.78 Å². The molecule has 0 amide bonds. The number of rotatable bonds is 4. The van der Waals surface area contributed by atoms with Gasteiger partial charge in [0.2, 0.25) is 0 Å². The number of halogens is 3. The highest BCUT2D eigenvalue weighted by Gasteiger charge is 2.49. The average molecular weight is 336 g/mol. The van der Waals surface area contributed by atoms with E-state index in [0.29, 0.717) is 0 Å². The summed E-state index contributed by atoms with van der Waals surface area (Å²) in [5.41, 5.74) is 0. The molecule has 7 heteroatoms. The van der Waals surface area contributed by atoms with Gasteiger partial charge in [0.25, 0.3) is 0 Å². The smallest absolute Gasteiger partial charge is 0.376 e. The number of hydrogen-bond donors (Lipinski definition) is 0. The van der Waals surface area contributed by atoms with Gasteiger partial charge < -0.3 is 9.47 Å². The summed E-state index contributed by atoms with van der Waals surface area (Å²) in [7, 11) is 1.95. The second kappa shape index (κ2) is 5.04. The molecule has 0 fully saturated rings. The molecule has 0 radical (unpaired) electrons. The van der Waals surface area contributed by atoms with Gasteiger partial charge in [-0.05, 0) is 6.92 Å².